The molecular formula is C16H11F3O5S. The summed E-state index contributed by atoms with van der Waals surface area (Å²) in [4.78, 5) is 12.2. The van der Waals surface area contributed by atoms with Crippen LogP contribution in [-0.2, 0) is 6.42 Å². The van der Waals surface area contributed by atoms with Gasteiger partial charge in [-0.25, -0.2) is 4.79 Å². The number of hydrogen-bond donors (Lipinski definition) is 0. The summed E-state index contributed by atoms with van der Waals surface area (Å²) in [7, 11) is 2.76. The third-order valence-corrected chi connectivity index (χ3v) is 5.52. The van der Waals surface area contributed by atoms with Crippen LogP contribution in [-0.4, -0.2) is 25.6 Å². The molecule has 25 heavy (non-hydrogen) atoms. The fourth-order valence-electron chi connectivity index (χ4n) is 3.13. The molecule has 0 saturated heterocycles. The van der Waals surface area contributed by atoms with Crippen LogP contribution in [0.1, 0.15) is 5.56 Å². The standard InChI is InChI=1S/C16H11F3O5S/c1-21-10-6-3-4-23-11(6)13(22-2)12-9(10)7-5-8(16(17,18)19)25-14(7)15(20)24-12/h3-4,8H,5H2,1-2H3. The van der Waals surface area contributed by atoms with E-state index in [4.69, 9.17) is 18.3 Å². The average molecular weight is 372 g/mol. The minimum Gasteiger partial charge on any atom is -0.495 e. The van der Waals surface area contributed by atoms with Gasteiger partial charge in [-0.2, -0.15) is 13.2 Å². The number of methoxy groups -OCH3 is 2. The van der Waals surface area contributed by atoms with Crippen LogP contribution in [0.15, 0.2) is 30.9 Å². The predicted molar refractivity (Wildman–Crippen MR) is 84.8 cm³/mol. The van der Waals surface area contributed by atoms with E-state index in [0.717, 1.165) is 0 Å². The zero-order chi connectivity index (χ0) is 17.9. The van der Waals surface area contributed by atoms with Crippen LogP contribution in [0.3, 0.4) is 0 Å². The van der Waals surface area contributed by atoms with Gasteiger partial charge in [-0.15, -0.1) is 11.8 Å². The van der Waals surface area contributed by atoms with Gasteiger partial charge < -0.3 is 18.3 Å². The highest BCUT2D eigenvalue weighted by Crippen LogP contribution is 2.50. The lowest BCUT2D eigenvalue weighted by Crippen LogP contribution is -2.24. The minimum atomic E-state index is -4.43. The maximum Gasteiger partial charge on any atom is 0.401 e. The Kier molecular flexibility index (Phi) is 3.47. The number of benzene rings is 1. The molecule has 0 bridgehead atoms. The van der Waals surface area contributed by atoms with E-state index in [9.17, 15) is 18.0 Å². The fourth-order valence-corrected chi connectivity index (χ4v) is 4.26. The Morgan fingerprint density at radius 3 is 2.56 bits per heavy atom. The molecule has 1 atom stereocenters. The SMILES string of the molecule is COc1c2occc2c(OC)c2c3c(c(=O)oc12)SC(C(F)(F)F)C3. The van der Waals surface area contributed by atoms with Gasteiger partial charge in [0, 0.05) is 0 Å². The zero-order valence-corrected chi connectivity index (χ0v) is 13.8. The van der Waals surface area contributed by atoms with Gasteiger partial charge in [0.1, 0.15) is 11.0 Å². The van der Waals surface area contributed by atoms with E-state index in [1.807, 2.05) is 0 Å². The molecule has 3 aromatic rings. The van der Waals surface area contributed by atoms with E-state index in [0.29, 0.717) is 33.9 Å². The van der Waals surface area contributed by atoms with Crippen molar-refractivity contribution in [3.05, 3.63) is 28.3 Å². The van der Waals surface area contributed by atoms with Crippen molar-refractivity contribution in [1.82, 2.24) is 0 Å². The monoisotopic (exact) mass is 372 g/mol. The topological polar surface area (TPSA) is 61.8 Å². The van der Waals surface area contributed by atoms with Crippen molar-refractivity contribution >= 4 is 33.7 Å². The van der Waals surface area contributed by atoms with E-state index < -0.39 is 17.1 Å². The summed E-state index contributed by atoms with van der Waals surface area (Å²) in [5.41, 5.74) is -0.246. The number of halogens is 3. The lowest BCUT2D eigenvalue weighted by Gasteiger charge is -2.13. The van der Waals surface area contributed by atoms with Crippen molar-refractivity contribution in [2.24, 2.45) is 0 Å². The normalized spacial score (nSPS) is 17.2. The summed E-state index contributed by atoms with van der Waals surface area (Å²) in [5.74, 6) is 0.444. The largest absolute Gasteiger partial charge is 0.495 e. The van der Waals surface area contributed by atoms with Crippen LogP contribution in [0, 0.1) is 0 Å². The molecule has 0 N–H and O–H groups in total. The van der Waals surface area contributed by atoms with Crippen LogP contribution in [0.4, 0.5) is 13.2 Å². The Morgan fingerprint density at radius 2 is 1.92 bits per heavy atom. The van der Waals surface area contributed by atoms with Crippen molar-refractivity contribution < 1.29 is 31.5 Å². The van der Waals surface area contributed by atoms with Gasteiger partial charge >= 0.3 is 11.8 Å². The summed E-state index contributed by atoms with van der Waals surface area (Å²) in [6.07, 6.45) is -3.37. The van der Waals surface area contributed by atoms with Crippen molar-refractivity contribution in [2.45, 2.75) is 22.7 Å². The second-order valence-electron chi connectivity index (χ2n) is 5.48. The highest BCUT2D eigenvalue weighted by molar-refractivity contribution is 8.00. The average Bonchev–Trinajstić information content (AvgIpc) is 3.19. The van der Waals surface area contributed by atoms with Crippen molar-refractivity contribution in [2.75, 3.05) is 14.2 Å². The summed E-state index contributed by atoms with van der Waals surface area (Å²) in [6, 6.07) is 1.62. The lowest BCUT2D eigenvalue weighted by molar-refractivity contribution is -0.127. The van der Waals surface area contributed by atoms with Crippen LogP contribution in [0.25, 0.3) is 21.9 Å². The maximum absolute atomic E-state index is 13.2. The molecule has 5 nitrogen and oxygen atoms in total. The maximum atomic E-state index is 13.2. The summed E-state index contributed by atoms with van der Waals surface area (Å²) < 4.78 is 60.9. The summed E-state index contributed by atoms with van der Waals surface area (Å²) in [5, 5.41) is -0.864. The first-order valence-corrected chi connectivity index (χ1v) is 8.09. The molecular weight excluding hydrogens is 361 g/mol. The molecule has 0 aliphatic carbocycles. The number of fused-ring (bicyclic) bond motifs is 4. The number of hydrogen-bond acceptors (Lipinski definition) is 6. The van der Waals surface area contributed by atoms with Gasteiger partial charge in [0.25, 0.3) is 0 Å². The Balaban J connectivity index is 2.14. The Morgan fingerprint density at radius 1 is 1.20 bits per heavy atom. The number of furan rings is 1. The first kappa shape index (κ1) is 16.2. The van der Waals surface area contributed by atoms with Gasteiger partial charge in [0.2, 0.25) is 5.75 Å². The number of alkyl halides is 3. The zero-order valence-electron chi connectivity index (χ0n) is 13.0. The van der Waals surface area contributed by atoms with Gasteiger partial charge in [0.15, 0.2) is 11.2 Å². The number of ether oxygens (including phenoxy) is 2. The molecule has 0 radical (unpaired) electrons. The molecule has 0 amide bonds. The predicted octanol–water partition coefficient (Wildman–Crippen LogP) is 4.14. The molecule has 1 unspecified atom stereocenters. The lowest BCUT2D eigenvalue weighted by atomic mass is 10.0. The molecule has 1 aromatic carbocycles. The quantitative estimate of drug-likeness (QED) is 0.630. The highest BCUT2D eigenvalue weighted by Gasteiger charge is 2.46. The molecule has 0 fully saturated rings. The second-order valence-corrected chi connectivity index (χ2v) is 6.70. The van der Waals surface area contributed by atoms with Crippen LogP contribution in [0.2, 0.25) is 0 Å². The first-order chi connectivity index (χ1) is 11.9. The molecule has 0 saturated carbocycles. The Labute approximate surface area is 142 Å². The third-order valence-electron chi connectivity index (χ3n) is 4.16. The molecule has 2 aromatic heterocycles. The first-order valence-electron chi connectivity index (χ1n) is 7.21. The molecule has 0 spiro atoms. The fraction of sp³-hybridized carbons (Fsp3) is 0.312. The molecule has 3 heterocycles. The van der Waals surface area contributed by atoms with E-state index in [1.54, 1.807) is 6.07 Å². The van der Waals surface area contributed by atoms with Gasteiger partial charge in [-0.05, 0) is 18.1 Å². The van der Waals surface area contributed by atoms with E-state index in [1.165, 1.54) is 20.5 Å². The molecule has 4 rings (SSSR count). The molecule has 9 heteroatoms. The second kappa shape index (κ2) is 5.35. The van der Waals surface area contributed by atoms with Gasteiger partial charge in [-0.1, -0.05) is 0 Å². The number of rotatable bonds is 2. The molecule has 1 aliphatic rings. The van der Waals surface area contributed by atoms with Gasteiger partial charge in [-0.3, -0.25) is 0 Å². The van der Waals surface area contributed by atoms with E-state index >= 15 is 0 Å². The smallest absolute Gasteiger partial charge is 0.401 e. The Hall–Kier alpha value is -2.29. The minimum absolute atomic E-state index is 0.0222. The molecule has 132 valence electrons. The highest BCUT2D eigenvalue weighted by atomic mass is 32.2. The summed E-state index contributed by atoms with van der Waals surface area (Å²) in [6.45, 7) is 0. The third kappa shape index (κ3) is 2.21. The van der Waals surface area contributed by atoms with Crippen molar-refractivity contribution in [3.63, 3.8) is 0 Å². The number of thioether (sulfide) groups is 1. The van der Waals surface area contributed by atoms with E-state index in [2.05, 4.69) is 0 Å². The van der Waals surface area contributed by atoms with Crippen LogP contribution >= 0.6 is 11.8 Å². The molecule has 1 aliphatic heterocycles. The van der Waals surface area contributed by atoms with Crippen molar-refractivity contribution in [1.29, 1.82) is 0 Å². The van der Waals surface area contributed by atoms with Crippen LogP contribution < -0.4 is 15.1 Å². The van der Waals surface area contributed by atoms with Crippen LogP contribution in [0.5, 0.6) is 11.5 Å². The van der Waals surface area contributed by atoms with Gasteiger partial charge in [0.05, 0.1) is 36.2 Å². The Bertz CT molecular complexity index is 1050. The van der Waals surface area contributed by atoms with Crippen molar-refractivity contribution in [3.8, 4) is 11.5 Å². The summed E-state index contributed by atoms with van der Waals surface area (Å²) >= 11 is 0.474. The van der Waals surface area contributed by atoms with E-state index in [-0.39, 0.29) is 28.2 Å².